The molecular formula is C12H18N4OS. The number of likely N-dealkylation sites (N-methyl/N-ethyl adjacent to an activating group) is 1. The Kier molecular flexibility index (Phi) is 4.19. The van der Waals surface area contributed by atoms with E-state index in [2.05, 4.69) is 21.9 Å². The molecule has 0 aliphatic carbocycles. The predicted octanol–water partition coefficient (Wildman–Crippen LogP) is 0.895. The lowest BCUT2D eigenvalue weighted by Crippen LogP contribution is -2.47. The highest BCUT2D eigenvalue weighted by atomic mass is 32.2. The first kappa shape index (κ1) is 13.3. The second-order valence-corrected chi connectivity index (χ2v) is 5.25. The number of nitrogens with zero attached hydrogens (tertiary/aromatic N) is 4. The Bertz CT molecular complexity index is 444. The van der Waals surface area contributed by atoms with E-state index in [4.69, 9.17) is 0 Å². The molecule has 0 unspecified atom stereocenters. The van der Waals surface area contributed by atoms with Gasteiger partial charge in [-0.3, -0.25) is 4.79 Å². The number of carbonyl (C=O) groups is 1. The van der Waals surface area contributed by atoms with Crippen molar-refractivity contribution in [1.29, 1.82) is 0 Å². The minimum absolute atomic E-state index is 0.0175. The summed E-state index contributed by atoms with van der Waals surface area (Å²) in [6, 6.07) is 1.76. The van der Waals surface area contributed by atoms with Gasteiger partial charge in [0.2, 0.25) is 0 Å². The molecule has 0 spiro atoms. The third-order valence-corrected chi connectivity index (χ3v) is 3.57. The van der Waals surface area contributed by atoms with Crippen LogP contribution >= 0.6 is 11.8 Å². The number of thioether (sulfide) groups is 1. The van der Waals surface area contributed by atoms with Crippen molar-refractivity contribution in [2.45, 2.75) is 12.1 Å². The molecule has 6 heteroatoms. The molecule has 1 aliphatic rings. The van der Waals surface area contributed by atoms with Crippen LogP contribution in [0.1, 0.15) is 16.2 Å². The van der Waals surface area contributed by atoms with E-state index in [9.17, 15) is 4.79 Å². The Morgan fingerprint density at radius 1 is 1.28 bits per heavy atom. The number of hydrogen-bond acceptors (Lipinski definition) is 5. The number of piperazine rings is 1. The van der Waals surface area contributed by atoms with E-state index in [-0.39, 0.29) is 5.91 Å². The number of amides is 1. The summed E-state index contributed by atoms with van der Waals surface area (Å²) in [5.41, 5.74) is 1.35. The summed E-state index contributed by atoms with van der Waals surface area (Å²) in [5.74, 6) is 0.0175. The van der Waals surface area contributed by atoms with Crippen LogP contribution in [0.5, 0.6) is 0 Å². The molecule has 18 heavy (non-hydrogen) atoms. The average molecular weight is 266 g/mol. The fraction of sp³-hybridized carbons (Fsp3) is 0.583. The van der Waals surface area contributed by atoms with Crippen LogP contribution in [-0.2, 0) is 0 Å². The molecule has 2 heterocycles. The van der Waals surface area contributed by atoms with E-state index in [0.29, 0.717) is 10.9 Å². The zero-order chi connectivity index (χ0) is 13.1. The molecule has 2 rings (SSSR count). The zero-order valence-electron chi connectivity index (χ0n) is 11.0. The maximum atomic E-state index is 12.3. The van der Waals surface area contributed by atoms with Crippen LogP contribution in [0.2, 0.25) is 0 Å². The first-order valence-electron chi connectivity index (χ1n) is 5.97. The van der Waals surface area contributed by atoms with Crippen LogP contribution in [0.25, 0.3) is 0 Å². The third-order valence-electron chi connectivity index (χ3n) is 3.03. The Morgan fingerprint density at radius 2 is 1.94 bits per heavy atom. The predicted molar refractivity (Wildman–Crippen MR) is 72.0 cm³/mol. The number of carbonyl (C=O) groups excluding carboxylic acids is 1. The quantitative estimate of drug-likeness (QED) is 0.588. The van der Waals surface area contributed by atoms with Crippen LogP contribution in [0, 0.1) is 6.92 Å². The molecule has 1 amide bonds. The molecule has 1 fully saturated rings. The smallest absolute Gasteiger partial charge is 0.272 e. The van der Waals surface area contributed by atoms with Crippen LogP contribution in [0.4, 0.5) is 0 Å². The van der Waals surface area contributed by atoms with Gasteiger partial charge in [0.05, 0.1) is 0 Å². The van der Waals surface area contributed by atoms with Crippen molar-refractivity contribution in [3.63, 3.8) is 0 Å². The van der Waals surface area contributed by atoms with E-state index in [1.165, 1.54) is 11.8 Å². The molecule has 1 aromatic rings. The Labute approximate surface area is 112 Å². The van der Waals surface area contributed by atoms with Crippen LogP contribution in [0.3, 0.4) is 0 Å². The molecule has 0 saturated carbocycles. The number of aromatic nitrogens is 2. The highest BCUT2D eigenvalue weighted by Gasteiger charge is 2.21. The van der Waals surface area contributed by atoms with Gasteiger partial charge in [-0.1, -0.05) is 11.8 Å². The summed E-state index contributed by atoms with van der Waals surface area (Å²) in [5, 5.41) is 0.660. The van der Waals surface area contributed by atoms with Crippen LogP contribution in [0.15, 0.2) is 11.2 Å². The molecule has 98 valence electrons. The van der Waals surface area contributed by atoms with Crippen molar-refractivity contribution in [2.24, 2.45) is 0 Å². The maximum absolute atomic E-state index is 12.3. The average Bonchev–Trinajstić information content (AvgIpc) is 2.38. The van der Waals surface area contributed by atoms with Gasteiger partial charge in [0, 0.05) is 31.9 Å². The normalized spacial score (nSPS) is 16.9. The van der Waals surface area contributed by atoms with Gasteiger partial charge in [-0.15, -0.1) is 0 Å². The number of hydrogen-bond donors (Lipinski definition) is 0. The summed E-state index contributed by atoms with van der Waals surface area (Å²) >= 11 is 1.46. The highest BCUT2D eigenvalue weighted by molar-refractivity contribution is 7.98. The summed E-state index contributed by atoms with van der Waals surface area (Å²) in [6.07, 6.45) is 1.92. The largest absolute Gasteiger partial charge is 0.335 e. The molecule has 1 aliphatic heterocycles. The summed E-state index contributed by atoms with van der Waals surface area (Å²) in [6.45, 7) is 5.28. The molecular weight excluding hydrogens is 248 g/mol. The van der Waals surface area contributed by atoms with E-state index in [0.717, 1.165) is 31.9 Å². The molecule has 0 N–H and O–H groups in total. The second-order valence-electron chi connectivity index (χ2n) is 4.48. The van der Waals surface area contributed by atoms with Crippen molar-refractivity contribution in [2.75, 3.05) is 39.5 Å². The molecule has 1 aromatic heterocycles. The second kappa shape index (κ2) is 5.67. The van der Waals surface area contributed by atoms with E-state index >= 15 is 0 Å². The number of aryl methyl sites for hydroxylation is 1. The van der Waals surface area contributed by atoms with E-state index in [1.54, 1.807) is 6.07 Å². The van der Waals surface area contributed by atoms with Gasteiger partial charge in [0.15, 0.2) is 5.16 Å². The molecule has 1 saturated heterocycles. The molecule has 0 radical (unpaired) electrons. The lowest BCUT2D eigenvalue weighted by atomic mass is 10.2. The molecule has 0 bridgehead atoms. The summed E-state index contributed by atoms with van der Waals surface area (Å²) < 4.78 is 0. The third kappa shape index (κ3) is 3.00. The molecule has 5 nitrogen and oxygen atoms in total. The SMILES string of the molecule is CSc1nc(C)cc(C(=O)N2CCN(C)CC2)n1. The lowest BCUT2D eigenvalue weighted by molar-refractivity contribution is 0.0657. The van der Waals surface area contributed by atoms with Crippen molar-refractivity contribution < 1.29 is 4.79 Å². The topological polar surface area (TPSA) is 49.3 Å². The van der Waals surface area contributed by atoms with Crippen molar-refractivity contribution >= 4 is 17.7 Å². The molecule has 0 atom stereocenters. The fourth-order valence-corrected chi connectivity index (χ4v) is 2.34. The minimum atomic E-state index is 0.0175. The van der Waals surface area contributed by atoms with E-state index < -0.39 is 0 Å². The van der Waals surface area contributed by atoms with Gasteiger partial charge in [-0.2, -0.15) is 0 Å². The summed E-state index contributed by atoms with van der Waals surface area (Å²) in [7, 11) is 2.07. The highest BCUT2D eigenvalue weighted by Crippen LogP contribution is 2.13. The van der Waals surface area contributed by atoms with Gasteiger partial charge in [0.25, 0.3) is 5.91 Å². The number of rotatable bonds is 2. The van der Waals surface area contributed by atoms with Gasteiger partial charge in [0.1, 0.15) is 5.69 Å². The maximum Gasteiger partial charge on any atom is 0.272 e. The Morgan fingerprint density at radius 3 is 2.56 bits per heavy atom. The first-order valence-corrected chi connectivity index (χ1v) is 7.20. The standard InChI is InChI=1S/C12H18N4OS/c1-9-8-10(14-12(13-9)18-3)11(17)16-6-4-15(2)5-7-16/h8H,4-7H2,1-3H3. The van der Waals surface area contributed by atoms with Crippen LogP contribution in [-0.4, -0.2) is 65.2 Å². The van der Waals surface area contributed by atoms with Gasteiger partial charge in [-0.25, -0.2) is 9.97 Å². The molecule has 0 aromatic carbocycles. The Hall–Kier alpha value is -1.14. The van der Waals surface area contributed by atoms with Gasteiger partial charge in [-0.05, 0) is 26.3 Å². The fourth-order valence-electron chi connectivity index (χ4n) is 1.91. The first-order chi connectivity index (χ1) is 8.60. The van der Waals surface area contributed by atoms with Gasteiger partial charge >= 0.3 is 0 Å². The van der Waals surface area contributed by atoms with Gasteiger partial charge < -0.3 is 9.80 Å². The minimum Gasteiger partial charge on any atom is -0.335 e. The van der Waals surface area contributed by atoms with E-state index in [1.807, 2.05) is 18.1 Å². The monoisotopic (exact) mass is 266 g/mol. The van der Waals surface area contributed by atoms with Crippen molar-refractivity contribution in [3.05, 3.63) is 17.5 Å². The van der Waals surface area contributed by atoms with Crippen LogP contribution < -0.4 is 0 Å². The van der Waals surface area contributed by atoms with Crippen molar-refractivity contribution in [3.8, 4) is 0 Å². The Balaban J connectivity index is 2.15. The summed E-state index contributed by atoms with van der Waals surface area (Å²) in [4.78, 5) is 25.0. The zero-order valence-corrected chi connectivity index (χ0v) is 11.8. The van der Waals surface area contributed by atoms with Crippen molar-refractivity contribution in [1.82, 2.24) is 19.8 Å². The lowest BCUT2D eigenvalue weighted by Gasteiger charge is -2.32.